The van der Waals surface area contributed by atoms with E-state index in [-0.39, 0.29) is 0 Å². The molecular weight excluding hydrogens is 274 g/mol. The van der Waals surface area contributed by atoms with Crippen LogP contribution in [0.1, 0.15) is 22.3 Å². The summed E-state index contributed by atoms with van der Waals surface area (Å²) in [7, 11) is 3.82. The average Bonchev–Trinajstić information content (AvgIpc) is 2.53. The number of likely N-dealkylation sites (N-methyl/N-ethyl adjacent to an activating group) is 1. The van der Waals surface area contributed by atoms with Crippen molar-refractivity contribution in [2.45, 2.75) is 25.8 Å². The number of hydrogen-bond acceptors (Lipinski definition) is 3. The van der Waals surface area contributed by atoms with Gasteiger partial charge in [0.05, 0.1) is 7.11 Å². The van der Waals surface area contributed by atoms with Gasteiger partial charge in [-0.2, -0.15) is 0 Å². The molecule has 2 aromatic carbocycles. The first-order chi connectivity index (χ1) is 10.7. The van der Waals surface area contributed by atoms with Crippen LogP contribution in [0.2, 0.25) is 0 Å². The van der Waals surface area contributed by atoms with Crippen LogP contribution in [0.4, 0.5) is 0 Å². The van der Waals surface area contributed by atoms with E-state index in [1.54, 1.807) is 13.2 Å². The topological polar surface area (TPSA) is 32.7 Å². The molecule has 2 aromatic rings. The van der Waals surface area contributed by atoms with E-state index in [1.807, 2.05) is 12.1 Å². The maximum Gasteiger partial charge on any atom is 0.120 e. The summed E-state index contributed by atoms with van der Waals surface area (Å²) in [5.74, 6) is 1.33. The number of phenolic OH excluding ortho intramolecular Hbond substituents is 1. The molecule has 0 saturated carbocycles. The lowest BCUT2D eigenvalue weighted by atomic mass is 9.94. The Balaban J connectivity index is 1.98. The van der Waals surface area contributed by atoms with Crippen molar-refractivity contribution in [2.24, 2.45) is 0 Å². The lowest BCUT2D eigenvalue weighted by Gasteiger charge is -2.23. The first-order valence-electron chi connectivity index (χ1n) is 7.81. The Kier molecular flexibility index (Phi) is 4.34. The Morgan fingerprint density at radius 3 is 2.64 bits per heavy atom. The van der Waals surface area contributed by atoms with E-state index >= 15 is 0 Å². The Morgan fingerprint density at radius 2 is 1.82 bits per heavy atom. The summed E-state index contributed by atoms with van der Waals surface area (Å²) in [4.78, 5) is 2.28. The Morgan fingerprint density at radius 1 is 1.00 bits per heavy atom. The first kappa shape index (κ1) is 14.9. The maximum atomic E-state index is 10.2. The van der Waals surface area contributed by atoms with Crippen LogP contribution in [0, 0.1) is 0 Å². The SMILES string of the molecule is COc1ccc2c(c1)CCc1cccc(O)c1CN(C)CC2. The van der Waals surface area contributed by atoms with Crippen LogP contribution < -0.4 is 4.74 Å². The molecule has 1 aliphatic heterocycles. The van der Waals surface area contributed by atoms with Crippen molar-refractivity contribution >= 4 is 0 Å². The van der Waals surface area contributed by atoms with Crippen molar-refractivity contribution < 1.29 is 9.84 Å². The minimum absolute atomic E-state index is 0.413. The molecule has 0 radical (unpaired) electrons. The van der Waals surface area contributed by atoms with Gasteiger partial charge in [-0.05, 0) is 61.2 Å². The summed E-state index contributed by atoms with van der Waals surface area (Å²) in [6.07, 6.45) is 2.95. The van der Waals surface area contributed by atoms with Gasteiger partial charge >= 0.3 is 0 Å². The van der Waals surface area contributed by atoms with E-state index in [0.29, 0.717) is 5.75 Å². The van der Waals surface area contributed by atoms with Crippen molar-refractivity contribution in [3.8, 4) is 11.5 Å². The summed E-state index contributed by atoms with van der Waals surface area (Å²) in [5, 5.41) is 10.2. The summed E-state index contributed by atoms with van der Waals surface area (Å²) in [6, 6.07) is 12.2. The molecule has 116 valence electrons. The molecule has 0 atom stereocenters. The van der Waals surface area contributed by atoms with Crippen molar-refractivity contribution in [3.05, 3.63) is 58.7 Å². The van der Waals surface area contributed by atoms with Crippen LogP contribution in [0.25, 0.3) is 0 Å². The van der Waals surface area contributed by atoms with Gasteiger partial charge in [0.15, 0.2) is 0 Å². The van der Waals surface area contributed by atoms with Gasteiger partial charge in [-0.15, -0.1) is 0 Å². The molecule has 0 spiro atoms. The molecule has 0 unspecified atom stereocenters. The van der Waals surface area contributed by atoms with Crippen LogP contribution in [0.15, 0.2) is 36.4 Å². The molecule has 0 fully saturated rings. The number of rotatable bonds is 1. The molecule has 1 heterocycles. The number of aryl methyl sites for hydroxylation is 2. The van der Waals surface area contributed by atoms with Crippen molar-refractivity contribution in [2.75, 3.05) is 20.7 Å². The van der Waals surface area contributed by atoms with Gasteiger partial charge in [-0.3, -0.25) is 0 Å². The number of benzene rings is 2. The van der Waals surface area contributed by atoms with Crippen LogP contribution in [-0.2, 0) is 25.8 Å². The maximum absolute atomic E-state index is 10.2. The molecule has 0 bridgehead atoms. The zero-order valence-corrected chi connectivity index (χ0v) is 13.3. The van der Waals surface area contributed by atoms with Gasteiger partial charge in [-0.1, -0.05) is 18.2 Å². The molecule has 0 aliphatic carbocycles. The van der Waals surface area contributed by atoms with E-state index in [2.05, 4.69) is 30.1 Å². The number of fused-ring (bicyclic) bond motifs is 2. The molecular formula is C19H23NO2. The average molecular weight is 297 g/mol. The summed E-state index contributed by atoms with van der Waals surface area (Å²) >= 11 is 0. The molecule has 0 amide bonds. The predicted molar refractivity (Wildman–Crippen MR) is 88.5 cm³/mol. The highest BCUT2D eigenvalue weighted by Crippen LogP contribution is 2.27. The van der Waals surface area contributed by atoms with Gasteiger partial charge in [-0.25, -0.2) is 0 Å². The molecule has 3 rings (SSSR count). The third kappa shape index (κ3) is 3.09. The Bertz CT molecular complexity index is 666. The molecule has 1 N–H and O–H groups in total. The minimum Gasteiger partial charge on any atom is -0.508 e. The number of ether oxygens (including phenoxy) is 1. The second-order valence-corrected chi connectivity index (χ2v) is 6.04. The second-order valence-electron chi connectivity index (χ2n) is 6.04. The normalized spacial score (nSPS) is 15.7. The van der Waals surface area contributed by atoms with Crippen LogP contribution in [0.5, 0.6) is 11.5 Å². The number of hydrogen-bond donors (Lipinski definition) is 1. The van der Waals surface area contributed by atoms with Gasteiger partial charge in [0.25, 0.3) is 0 Å². The monoisotopic (exact) mass is 297 g/mol. The van der Waals surface area contributed by atoms with Crippen molar-refractivity contribution in [3.63, 3.8) is 0 Å². The fraction of sp³-hybridized carbons (Fsp3) is 0.368. The fourth-order valence-corrected chi connectivity index (χ4v) is 3.17. The van der Waals surface area contributed by atoms with E-state index < -0.39 is 0 Å². The van der Waals surface area contributed by atoms with Gasteiger partial charge < -0.3 is 14.7 Å². The third-order valence-corrected chi connectivity index (χ3v) is 4.52. The third-order valence-electron chi connectivity index (χ3n) is 4.52. The van der Waals surface area contributed by atoms with E-state index in [4.69, 9.17) is 4.74 Å². The quantitative estimate of drug-likeness (QED) is 0.877. The zero-order chi connectivity index (χ0) is 15.5. The van der Waals surface area contributed by atoms with Crippen LogP contribution in [0.3, 0.4) is 0 Å². The second kappa shape index (κ2) is 6.41. The Labute approximate surface area is 132 Å². The van der Waals surface area contributed by atoms with E-state index in [9.17, 15) is 5.11 Å². The molecule has 22 heavy (non-hydrogen) atoms. The van der Waals surface area contributed by atoms with Gasteiger partial charge in [0.2, 0.25) is 0 Å². The smallest absolute Gasteiger partial charge is 0.120 e. The molecule has 1 aliphatic rings. The number of methoxy groups -OCH3 is 1. The molecule has 0 saturated heterocycles. The molecule has 3 nitrogen and oxygen atoms in total. The van der Waals surface area contributed by atoms with Gasteiger partial charge in [0, 0.05) is 18.7 Å². The summed E-state index contributed by atoms with van der Waals surface area (Å²) in [5.41, 5.74) is 5.05. The molecule has 3 heteroatoms. The largest absolute Gasteiger partial charge is 0.508 e. The highest BCUT2D eigenvalue weighted by molar-refractivity contribution is 5.41. The fourth-order valence-electron chi connectivity index (χ4n) is 3.17. The summed E-state index contributed by atoms with van der Waals surface area (Å²) < 4.78 is 5.37. The highest BCUT2D eigenvalue weighted by atomic mass is 16.5. The minimum atomic E-state index is 0.413. The number of aromatic hydroxyl groups is 1. The highest BCUT2D eigenvalue weighted by Gasteiger charge is 2.14. The Hall–Kier alpha value is -2.00. The van der Waals surface area contributed by atoms with Crippen molar-refractivity contribution in [1.29, 1.82) is 0 Å². The van der Waals surface area contributed by atoms with E-state index in [1.165, 1.54) is 16.7 Å². The van der Waals surface area contributed by atoms with Crippen LogP contribution >= 0.6 is 0 Å². The zero-order valence-electron chi connectivity index (χ0n) is 13.3. The van der Waals surface area contributed by atoms with Crippen LogP contribution in [-0.4, -0.2) is 30.7 Å². The summed E-state index contributed by atoms with van der Waals surface area (Å²) in [6.45, 7) is 1.78. The van der Waals surface area contributed by atoms with E-state index in [0.717, 1.165) is 43.7 Å². The van der Waals surface area contributed by atoms with Gasteiger partial charge in [0.1, 0.15) is 11.5 Å². The number of nitrogens with zero attached hydrogens (tertiary/aromatic N) is 1. The lowest BCUT2D eigenvalue weighted by molar-refractivity contribution is 0.321. The number of phenols is 1. The van der Waals surface area contributed by atoms with Crippen molar-refractivity contribution in [1.82, 2.24) is 4.90 Å². The molecule has 0 aromatic heterocycles. The first-order valence-corrected chi connectivity index (χ1v) is 7.81. The standard InChI is InChI=1S/C19H23NO2/c1-20-11-10-14-8-9-17(22-2)12-16(14)7-6-15-4-3-5-19(21)18(15)13-20/h3-5,8-9,12,21H,6-7,10-11,13H2,1-2H3. The lowest BCUT2D eigenvalue weighted by Crippen LogP contribution is -2.23. The predicted octanol–water partition coefficient (Wildman–Crippen LogP) is 3.17.